The number of ketones is 1. The molecule has 1 fully saturated rings. The Morgan fingerprint density at radius 2 is 1.70 bits per heavy atom. The summed E-state index contributed by atoms with van der Waals surface area (Å²) < 4.78 is 5.28. The molecular weight excluding hydrogens is 294 g/mol. The Kier molecular flexibility index (Phi) is 5.19. The van der Waals surface area contributed by atoms with Crippen molar-refractivity contribution in [1.82, 2.24) is 5.32 Å². The minimum Gasteiger partial charge on any atom is -0.451 e. The SMILES string of the molecule is CC(C)(C)NC(=O)c1ccc(C(=O)O[C@H]2CCCCC2=O)cc1. The lowest BCUT2D eigenvalue weighted by Gasteiger charge is -2.21. The van der Waals surface area contributed by atoms with E-state index in [0.717, 1.165) is 12.8 Å². The molecule has 0 bridgehead atoms. The second-order valence-corrected chi connectivity index (χ2v) is 6.89. The highest BCUT2D eigenvalue weighted by atomic mass is 16.5. The first kappa shape index (κ1) is 17.2. The zero-order valence-electron chi connectivity index (χ0n) is 13.8. The summed E-state index contributed by atoms with van der Waals surface area (Å²) in [7, 11) is 0. The number of hydrogen-bond acceptors (Lipinski definition) is 4. The van der Waals surface area contributed by atoms with Crippen molar-refractivity contribution in [3.05, 3.63) is 35.4 Å². The van der Waals surface area contributed by atoms with Crippen LogP contribution in [0.25, 0.3) is 0 Å². The fourth-order valence-corrected chi connectivity index (χ4v) is 2.44. The van der Waals surface area contributed by atoms with Crippen LogP contribution in [0, 0.1) is 0 Å². The van der Waals surface area contributed by atoms with E-state index in [1.807, 2.05) is 20.8 Å². The van der Waals surface area contributed by atoms with E-state index in [9.17, 15) is 14.4 Å². The van der Waals surface area contributed by atoms with Crippen molar-refractivity contribution in [2.75, 3.05) is 0 Å². The van der Waals surface area contributed by atoms with Gasteiger partial charge in [-0.05, 0) is 64.3 Å². The largest absolute Gasteiger partial charge is 0.451 e. The van der Waals surface area contributed by atoms with Crippen molar-refractivity contribution in [3.8, 4) is 0 Å². The van der Waals surface area contributed by atoms with Gasteiger partial charge < -0.3 is 10.1 Å². The molecule has 0 saturated heterocycles. The highest BCUT2D eigenvalue weighted by molar-refractivity contribution is 5.97. The molecule has 0 heterocycles. The van der Waals surface area contributed by atoms with E-state index in [-0.39, 0.29) is 17.2 Å². The van der Waals surface area contributed by atoms with Crippen LogP contribution in [0.15, 0.2) is 24.3 Å². The van der Waals surface area contributed by atoms with E-state index < -0.39 is 12.1 Å². The van der Waals surface area contributed by atoms with Gasteiger partial charge in [0.15, 0.2) is 11.9 Å². The Labute approximate surface area is 136 Å². The molecule has 1 saturated carbocycles. The van der Waals surface area contributed by atoms with Crippen molar-refractivity contribution in [1.29, 1.82) is 0 Å². The number of nitrogens with one attached hydrogen (secondary N) is 1. The summed E-state index contributed by atoms with van der Waals surface area (Å²) in [5.74, 6) is -0.723. The molecule has 2 rings (SSSR count). The number of amides is 1. The third-order valence-corrected chi connectivity index (χ3v) is 3.62. The maximum atomic E-state index is 12.1. The predicted octanol–water partition coefficient (Wildman–Crippen LogP) is 2.88. The minimum atomic E-state index is -0.625. The van der Waals surface area contributed by atoms with Gasteiger partial charge in [-0.1, -0.05) is 0 Å². The number of rotatable bonds is 3. The highest BCUT2D eigenvalue weighted by Crippen LogP contribution is 2.19. The zero-order chi connectivity index (χ0) is 17.0. The molecule has 1 atom stereocenters. The maximum absolute atomic E-state index is 12.1. The van der Waals surface area contributed by atoms with Crippen LogP contribution in [0.4, 0.5) is 0 Å². The average molecular weight is 317 g/mol. The van der Waals surface area contributed by atoms with Gasteiger partial charge >= 0.3 is 5.97 Å². The monoisotopic (exact) mass is 317 g/mol. The third kappa shape index (κ3) is 4.91. The van der Waals surface area contributed by atoms with Crippen molar-refractivity contribution >= 4 is 17.7 Å². The van der Waals surface area contributed by atoms with E-state index in [2.05, 4.69) is 5.32 Å². The van der Waals surface area contributed by atoms with E-state index in [4.69, 9.17) is 4.74 Å². The molecule has 0 radical (unpaired) electrons. The molecule has 1 amide bonds. The molecule has 1 aromatic carbocycles. The van der Waals surface area contributed by atoms with Gasteiger partial charge in [-0.3, -0.25) is 9.59 Å². The third-order valence-electron chi connectivity index (χ3n) is 3.62. The number of Topliss-reactive ketones (excluding diaryl/α,β-unsaturated/α-hetero) is 1. The van der Waals surface area contributed by atoms with Crippen LogP contribution in [0.2, 0.25) is 0 Å². The number of carbonyl (C=O) groups is 3. The number of benzene rings is 1. The standard InChI is InChI=1S/C18H23NO4/c1-18(2,3)19-16(21)12-8-10-13(11-9-12)17(22)23-15-7-5-4-6-14(15)20/h8-11,15H,4-7H2,1-3H3,(H,19,21)/t15-/m0/s1. The summed E-state index contributed by atoms with van der Waals surface area (Å²) in [4.78, 5) is 35.8. The van der Waals surface area contributed by atoms with E-state index >= 15 is 0 Å². The van der Waals surface area contributed by atoms with Crippen LogP contribution in [0.5, 0.6) is 0 Å². The van der Waals surface area contributed by atoms with Gasteiger partial charge in [0, 0.05) is 17.5 Å². The lowest BCUT2D eigenvalue weighted by Crippen LogP contribution is -2.40. The quantitative estimate of drug-likeness (QED) is 0.870. The van der Waals surface area contributed by atoms with Crippen molar-refractivity contribution in [2.24, 2.45) is 0 Å². The number of carbonyl (C=O) groups excluding carboxylic acids is 3. The number of esters is 1. The van der Waals surface area contributed by atoms with Crippen LogP contribution in [-0.4, -0.2) is 29.3 Å². The smallest absolute Gasteiger partial charge is 0.338 e. The van der Waals surface area contributed by atoms with Crippen LogP contribution in [-0.2, 0) is 9.53 Å². The molecule has 5 nitrogen and oxygen atoms in total. The van der Waals surface area contributed by atoms with Gasteiger partial charge in [-0.15, -0.1) is 0 Å². The summed E-state index contributed by atoms with van der Waals surface area (Å²) in [6, 6.07) is 6.27. The molecule has 1 aliphatic carbocycles. The van der Waals surface area contributed by atoms with Gasteiger partial charge in [0.25, 0.3) is 5.91 Å². The first-order chi connectivity index (χ1) is 10.8. The molecule has 1 aromatic rings. The Bertz CT molecular complexity index is 598. The van der Waals surface area contributed by atoms with Crippen LogP contribution >= 0.6 is 0 Å². The van der Waals surface area contributed by atoms with Crippen molar-refractivity contribution < 1.29 is 19.1 Å². The molecule has 0 aliphatic heterocycles. The normalized spacial score (nSPS) is 18.4. The predicted molar refractivity (Wildman–Crippen MR) is 86.3 cm³/mol. The van der Waals surface area contributed by atoms with Gasteiger partial charge in [-0.25, -0.2) is 4.79 Å². The van der Waals surface area contributed by atoms with E-state index in [1.54, 1.807) is 24.3 Å². The summed E-state index contributed by atoms with van der Waals surface area (Å²) >= 11 is 0. The topological polar surface area (TPSA) is 72.5 Å². The molecule has 0 spiro atoms. The first-order valence-electron chi connectivity index (χ1n) is 7.92. The minimum absolute atomic E-state index is 0.00854. The van der Waals surface area contributed by atoms with Gasteiger partial charge in [0.1, 0.15) is 0 Å². The molecule has 1 N–H and O–H groups in total. The summed E-state index contributed by atoms with van der Waals surface area (Å²) in [6.45, 7) is 5.70. The molecule has 124 valence electrons. The lowest BCUT2D eigenvalue weighted by molar-refractivity contribution is -0.129. The zero-order valence-corrected chi connectivity index (χ0v) is 13.8. The Hall–Kier alpha value is -2.17. The Morgan fingerprint density at radius 3 is 2.26 bits per heavy atom. The average Bonchev–Trinajstić information content (AvgIpc) is 2.48. The molecule has 23 heavy (non-hydrogen) atoms. The van der Waals surface area contributed by atoms with E-state index in [0.29, 0.717) is 24.0 Å². The fraction of sp³-hybridized carbons (Fsp3) is 0.500. The number of ether oxygens (including phenoxy) is 1. The summed E-state index contributed by atoms with van der Waals surface area (Å²) in [5, 5.41) is 2.86. The molecule has 0 unspecified atom stereocenters. The Balaban J connectivity index is 2.00. The molecule has 5 heteroatoms. The van der Waals surface area contributed by atoms with Crippen LogP contribution < -0.4 is 5.32 Å². The summed E-state index contributed by atoms with van der Waals surface area (Å²) in [6.07, 6.45) is 2.21. The van der Waals surface area contributed by atoms with Crippen molar-refractivity contribution in [2.45, 2.75) is 58.1 Å². The van der Waals surface area contributed by atoms with Crippen LogP contribution in [0.1, 0.15) is 67.2 Å². The highest BCUT2D eigenvalue weighted by Gasteiger charge is 2.26. The van der Waals surface area contributed by atoms with E-state index in [1.165, 1.54) is 0 Å². The first-order valence-corrected chi connectivity index (χ1v) is 7.92. The maximum Gasteiger partial charge on any atom is 0.338 e. The molecule has 1 aliphatic rings. The second kappa shape index (κ2) is 6.94. The number of hydrogen-bond donors (Lipinski definition) is 1. The summed E-state index contributed by atoms with van der Waals surface area (Å²) in [5.41, 5.74) is 0.497. The van der Waals surface area contributed by atoms with Gasteiger partial charge in [0.05, 0.1) is 5.56 Å². The van der Waals surface area contributed by atoms with Gasteiger partial charge in [-0.2, -0.15) is 0 Å². The fourth-order valence-electron chi connectivity index (χ4n) is 2.44. The molecular formula is C18H23NO4. The van der Waals surface area contributed by atoms with Crippen molar-refractivity contribution in [3.63, 3.8) is 0 Å². The van der Waals surface area contributed by atoms with Gasteiger partial charge in [0.2, 0.25) is 0 Å². The lowest BCUT2D eigenvalue weighted by atomic mass is 9.96. The van der Waals surface area contributed by atoms with Crippen LogP contribution in [0.3, 0.4) is 0 Å². The Morgan fingerprint density at radius 1 is 1.09 bits per heavy atom. The molecule has 0 aromatic heterocycles. The second-order valence-electron chi connectivity index (χ2n) is 6.89.